The van der Waals surface area contributed by atoms with Gasteiger partial charge in [-0.1, -0.05) is 30.4 Å². The second kappa shape index (κ2) is 11.0. The third kappa shape index (κ3) is 11.3. The zero-order valence-corrected chi connectivity index (χ0v) is 17.3. The molecular formula is C21H34N2O4. The Kier molecular flexibility index (Phi) is 9.37. The number of primary amides is 1. The van der Waals surface area contributed by atoms with Crippen LogP contribution in [-0.4, -0.2) is 42.4 Å². The lowest BCUT2D eigenvalue weighted by Gasteiger charge is -2.23. The highest BCUT2D eigenvalue weighted by Crippen LogP contribution is 2.27. The van der Waals surface area contributed by atoms with Gasteiger partial charge in [-0.2, -0.15) is 0 Å². The molecule has 0 heterocycles. The number of urea groups is 1. The van der Waals surface area contributed by atoms with E-state index in [1.807, 2.05) is 0 Å². The Morgan fingerprint density at radius 1 is 1.33 bits per heavy atom. The van der Waals surface area contributed by atoms with Crippen LogP contribution in [0.25, 0.3) is 0 Å². The maximum absolute atomic E-state index is 11.8. The van der Waals surface area contributed by atoms with Gasteiger partial charge in [-0.25, -0.2) is 4.79 Å². The quantitative estimate of drug-likeness (QED) is 0.288. The molecule has 1 aliphatic rings. The van der Waals surface area contributed by atoms with Crippen LogP contribution in [0.1, 0.15) is 60.3 Å². The minimum atomic E-state index is -0.626. The average Bonchev–Trinajstić information content (AvgIpc) is 3.37. The van der Waals surface area contributed by atoms with Gasteiger partial charge < -0.3 is 20.1 Å². The van der Waals surface area contributed by atoms with Crippen molar-refractivity contribution in [2.24, 2.45) is 17.6 Å². The summed E-state index contributed by atoms with van der Waals surface area (Å²) in [7, 11) is 0. The van der Waals surface area contributed by atoms with E-state index in [1.54, 1.807) is 20.8 Å². The molecule has 2 amide bonds. The van der Waals surface area contributed by atoms with E-state index in [0.29, 0.717) is 12.5 Å². The lowest BCUT2D eigenvalue weighted by Crippen LogP contribution is -2.39. The van der Waals surface area contributed by atoms with Crippen molar-refractivity contribution in [1.82, 2.24) is 4.90 Å². The fraction of sp³-hybridized carbons (Fsp3) is 0.714. The van der Waals surface area contributed by atoms with Crippen LogP contribution in [0.4, 0.5) is 4.79 Å². The molecule has 0 radical (unpaired) electrons. The summed E-state index contributed by atoms with van der Waals surface area (Å²) in [5, 5.41) is 0. The molecule has 1 saturated carbocycles. The van der Waals surface area contributed by atoms with Crippen LogP contribution in [0, 0.1) is 23.7 Å². The fourth-order valence-electron chi connectivity index (χ4n) is 2.19. The van der Waals surface area contributed by atoms with E-state index in [-0.39, 0.29) is 31.6 Å². The second-order valence-corrected chi connectivity index (χ2v) is 7.97. The van der Waals surface area contributed by atoms with Crippen molar-refractivity contribution in [3.8, 4) is 11.8 Å². The summed E-state index contributed by atoms with van der Waals surface area (Å²) >= 11 is 0. The lowest BCUT2D eigenvalue weighted by atomic mass is 10.1. The molecule has 0 aliphatic heterocycles. The summed E-state index contributed by atoms with van der Waals surface area (Å²) in [4.78, 5) is 24.7. The number of rotatable bonds is 9. The van der Waals surface area contributed by atoms with Crippen molar-refractivity contribution in [3.63, 3.8) is 0 Å². The first-order valence-electron chi connectivity index (χ1n) is 9.63. The number of ether oxygens (including phenoxy) is 2. The summed E-state index contributed by atoms with van der Waals surface area (Å²) < 4.78 is 10.9. The molecule has 1 unspecified atom stereocenters. The van der Waals surface area contributed by atoms with Gasteiger partial charge in [0.15, 0.2) is 0 Å². The van der Waals surface area contributed by atoms with E-state index in [9.17, 15) is 9.59 Å². The van der Waals surface area contributed by atoms with Gasteiger partial charge in [0.2, 0.25) is 0 Å². The van der Waals surface area contributed by atoms with E-state index in [0.717, 1.165) is 6.42 Å². The first kappa shape index (κ1) is 23.0. The Labute approximate surface area is 163 Å². The Morgan fingerprint density at radius 2 is 2.00 bits per heavy atom. The van der Waals surface area contributed by atoms with Gasteiger partial charge in [0.25, 0.3) is 0 Å². The Morgan fingerprint density at radius 3 is 2.52 bits per heavy atom. The predicted octanol–water partition coefficient (Wildman–Crippen LogP) is 3.46. The van der Waals surface area contributed by atoms with E-state index in [2.05, 4.69) is 31.8 Å². The summed E-state index contributed by atoms with van der Waals surface area (Å²) in [6.07, 6.45) is 5.51. The van der Waals surface area contributed by atoms with Crippen molar-refractivity contribution in [1.29, 1.82) is 0 Å². The van der Waals surface area contributed by atoms with Gasteiger partial charge in [0.1, 0.15) is 12.3 Å². The third-order valence-electron chi connectivity index (χ3n) is 3.96. The Hall–Kier alpha value is -2.00. The first-order valence-corrected chi connectivity index (χ1v) is 9.63. The molecule has 1 fully saturated rings. The molecule has 0 aromatic rings. The topological polar surface area (TPSA) is 81.9 Å². The SMILES string of the molecule is CC/C(C)=C\C(C#CC1CC1)COCN(CCC(=O)OC(C)(C)C)C(N)=O. The number of amides is 2. The molecule has 1 rings (SSSR count). The first-order chi connectivity index (χ1) is 12.6. The van der Waals surface area contributed by atoms with Gasteiger partial charge in [-0.05, 0) is 47.0 Å². The normalized spacial score (nSPS) is 15.5. The van der Waals surface area contributed by atoms with Crippen LogP contribution < -0.4 is 5.73 Å². The number of carbonyl (C=O) groups excluding carboxylic acids is 2. The molecule has 0 saturated heterocycles. The largest absolute Gasteiger partial charge is 0.460 e. The van der Waals surface area contributed by atoms with Gasteiger partial charge in [-0.15, -0.1) is 0 Å². The summed E-state index contributed by atoms with van der Waals surface area (Å²) in [6, 6.07) is -0.626. The molecule has 1 atom stereocenters. The highest BCUT2D eigenvalue weighted by Gasteiger charge is 2.19. The van der Waals surface area contributed by atoms with Crippen LogP contribution in [0.5, 0.6) is 0 Å². The van der Waals surface area contributed by atoms with Crippen molar-refractivity contribution < 1.29 is 19.1 Å². The summed E-state index contributed by atoms with van der Waals surface area (Å²) in [5.74, 6) is 6.68. The standard InChI is InChI=1S/C21H34N2O4/c1-6-16(2)13-18(10-9-17-7-8-17)14-26-15-23(20(22)25)12-11-19(24)27-21(3,4)5/h13,17-18H,6-8,11-12,14-15H2,1-5H3,(H2,22,25)/b16-13-. The van der Waals surface area contributed by atoms with Gasteiger partial charge in [0, 0.05) is 12.5 Å². The number of nitrogens with two attached hydrogens (primary N) is 1. The van der Waals surface area contributed by atoms with Crippen LogP contribution in [0.2, 0.25) is 0 Å². The molecular weight excluding hydrogens is 344 g/mol. The summed E-state index contributed by atoms with van der Waals surface area (Å²) in [5.41, 5.74) is 6.09. The average molecular weight is 379 g/mol. The van der Waals surface area contributed by atoms with Crippen molar-refractivity contribution >= 4 is 12.0 Å². The smallest absolute Gasteiger partial charge is 0.316 e. The maximum Gasteiger partial charge on any atom is 0.316 e. The number of esters is 1. The number of hydrogen-bond donors (Lipinski definition) is 1. The molecule has 1 aliphatic carbocycles. The van der Waals surface area contributed by atoms with Gasteiger partial charge in [0.05, 0.1) is 18.9 Å². The Balaban J connectivity index is 2.50. The number of nitrogens with zero attached hydrogens (tertiary/aromatic N) is 1. The predicted molar refractivity (Wildman–Crippen MR) is 106 cm³/mol. The maximum atomic E-state index is 11.8. The molecule has 2 N–H and O–H groups in total. The van der Waals surface area contributed by atoms with E-state index < -0.39 is 11.6 Å². The van der Waals surface area contributed by atoms with Crippen molar-refractivity contribution in [3.05, 3.63) is 11.6 Å². The molecule has 6 nitrogen and oxygen atoms in total. The van der Waals surface area contributed by atoms with Crippen LogP contribution in [-0.2, 0) is 14.3 Å². The van der Waals surface area contributed by atoms with E-state index >= 15 is 0 Å². The van der Waals surface area contributed by atoms with Crippen LogP contribution >= 0.6 is 0 Å². The molecule has 0 aromatic heterocycles. The monoisotopic (exact) mass is 378 g/mol. The molecule has 6 heteroatoms. The minimum Gasteiger partial charge on any atom is -0.460 e. The highest BCUT2D eigenvalue weighted by molar-refractivity contribution is 5.74. The summed E-state index contributed by atoms with van der Waals surface area (Å²) in [6.45, 7) is 10.1. The zero-order chi connectivity index (χ0) is 20.4. The Bertz CT molecular complexity index is 592. The highest BCUT2D eigenvalue weighted by atomic mass is 16.6. The van der Waals surface area contributed by atoms with Crippen molar-refractivity contribution in [2.75, 3.05) is 19.9 Å². The molecule has 152 valence electrons. The molecule has 27 heavy (non-hydrogen) atoms. The number of hydrogen-bond acceptors (Lipinski definition) is 4. The van der Waals surface area contributed by atoms with Crippen molar-refractivity contribution in [2.45, 2.75) is 65.9 Å². The van der Waals surface area contributed by atoms with Crippen LogP contribution in [0.3, 0.4) is 0 Å². The fourth-order valence-corrected chi connectivity index (χ4v) is 2.19. The molecule has 0 spiro atoms. The third-order valence-corrected chi connectivity index (χ3v) is 3.96. The zero-order valence-electron chi connectivity index (χ0n) is 17.3. The lowest BCUT2D eigenvalue weighted by molar-refractivity contribution is -0.155. The molecule has 0 aromatic carbocycles. The van der Waals surface area contributed by atoms with E-state index in [1.165, 1.54) is 23.3 Å². The van der Waals surface area contributed by atoms with Gasteiger partial charge in [-0.3, -0.25) is 4.79 Å². The molecule has 0 bridgehead atoms. The van der Waals surface area contributed by atoms with Crippen LogP contribution in [0.15, 0.2) is 11.6 Å². The number of allylic oxidation sites excluding steroid dienone is 1. The van der Waals surface area contributed by atoms with Gasteiger partial charge >= 0.3 is 12.0 Å². The second-order valence-electron chi connectivity index (χ2n) is 7.97. The van der Waals surface area contributed by atoms with E-state index in [4.69, 9.17) is 15.2 Å². The minimum absolute atomic E-state index is 0.00821. The number of carbonyl (C=O) groups is 2.